The molecule has 1 aliphatic rings. The highest BCUT2D eigenvalue weighted by Gasteiger charge is 2.33. The molecule has 1 aromatic heterocycles. The van der Waals surface area contributed by atoms with Crippen molar-refractivity contribution in [3.8, 4) is 0 Å². The molecule has 0 radical (unpaired) electrons. The first-order valence-corrected chi connectivity index (χ1v) is 11.2. The van der Waals surface area contributed by atoms with Gasteiger partial charge in [-0.15, -0.1) is 0 Å². The number of para-hydroxylation sites is 2. The summed E-state index contributed by atoms with van der Waals surface area (Å²) in [7, 11) is 0. The van der Waals surface area contributed by atoms with Crippen molar-refractivity contribution in [1.29, 1.82) is 0 Å². The van der Waals surface area contributed by atoms with Crippen LogP contribution in [0.5, 0.6) is 0 Å². The molecule has 5 rings (SSSR count). The Hall–Kier alpha value is -2.62. The van der Waals surface area contributed by atoms with Crippen molar-refractivity contribution in [2.75, 3.05) is 19.6 Å². The number of aromatic nitrogens is 1. The van der Waals surface area contributed by atoms with E-state index in [9.17, 15) is 5.11 Å². The number of hydrogen-bond donors (Lipinski definition) is 1. The van der Waals surface area contributed by atoms with Gasteiger partial charge in [0.05, 0.1) is 5.60 Å². The highest BCUT2D eigenvalue weighted by molar-refractivity contribution is 6.07. The van der Waals surface area contributed by atoms with Crippen LogP contribution in [0.15, 0.2) is 78.9 Å². The maximum Gasteiger partial charge on any atom is 0.0920 e. The maximum absolute atomic E-state index is 11.0. The molecule has 0 spiro atoms. The van der Waals surface area contributed by atoms with Crippen LogP contribution in [-0.4, -0.2) is 34.2 Å². The van der Waals surface area contributed by atoms with Crippen molar-refractivity contribution in [3.05, 3.63) is 84.4 Å². The molecule has 3 nitrogen and oxygen atoms in total. The molecule has 1 fully saturated rings. The SMILES string of the molecule is OC1(c2ccccc2)CCN(CCCCn2c3ccccc3c3ccccc32)CC1. The average Bonchev–Trinajstić information content (AvgIpc) is 3.12. The van der Waals surface area contributed by atoms with Crippen LogP contribution in [0.25, 0.3) is 21.8 Å². The molecule has 2 heterocycles. The van der Waals surface area contributed by atoms with E-state index >= 15 is 0 Å². The summed E-state index contributed by atoms with van der Waals surface area (Å²) < 4.78 is 2.48. The summed E-state index contributed by atoms with van der Waals surface area (Å²) in [6, 6.07) is 27.7. The third-order valence-corrected chi connectivity index (χ3v) is 6.78. The first kappa shape index (κ1) is 19.3. The van der Waals surface area contributed by atoms with Gasteiger partial charge >= 0.3 is 0 Å². The van der Waals surface area contributed by atoms with Crippen LogP contribution < -0.4 is 0 Å². The number of likely N-dealkylation sites (tertiary alicyclic amines) is 1. The van der Waals surface area contributed by atoms with Gasteiger partial charge in [-0.25, -0.2) is 0 Å². The number of piperidine rings is 1. The van der Waals surface area contributed by atoms with E-state index in [1.54, 1.807) is 0 Å². The molecular formula is C27H30N2O. The van der Waals surface area contributed by atoms with Crippen molar-refractivity contribution >= 4 is 21.8 Å². The zero-order valence-electron chi connectivity index (χ0n) is 17.5. The Morgan fingerprint density at radius 2 is 1.20 bits per heavy atom. The molecule has 3 aromatic carbocycles. The summed E-state index contributed by atoms with van der Waals surface area (Å²) >= 11 is 0. The van der Waals surface area contributed by atoms with Gasteiger partial charge < -0.3 is 14.6 Å². The molecule has 154 valence electrons. The second-order valence-electron chi connectivity index (χ2n) is 8.63. The molecule has 0 amide bonds. The van der Waals surface area contributed by atoms with Gasteiger partial charge in [0.15, 0.2) is 0 Å². The average molecular weight is 399 g/mol. The minimum atomic E-state index is -0.652. The summed E-state index contributed by atoms with van der Waals surface area (Å²) in [4.78, 5) is 2.52. The van der Waals surface area contributed by atoms with Crippen molar-refractivity contribution < 1.29 is 5.11 Å². The van der Waals surface area contributed by atoms with E-state index in [0.29, 0.717) is 0 Å². The quantitative estimate of drug-likeness (QED) is 0.431. The van der Waals surface area contributed by atoms with Crippen LogP contribution in [0.1, 0.15) is 31.2 Å². The molecule has 0 atom stereocenters. The minimum absolute atomic E-state index is 0.652. The molecule has 1 aliphatic heterocycles. The number of fused-ring (bicyclic) bond motifs is 3. The van der Waals surface area contributed by atoms with E-state index in [2.05, 4.69) is 70.1 Å². The largest absolute Gasteiger partial charge is 0.385 e. The molecule has 0 unspecified atom stereocenters. The Balaban J connectivity index is 1.18. The minimum Gasteiger partial charge on any atom is -0.385 e. The molecule has 0 aliphatic carbocycles. The van der Waals surface area contributed by atoms with Crippen molar-refractivity contribution in [2.24, 2.45) is 0 Å². The first-order valence-electron chi connectivity index (χ1n) is 11.2. The number of nitrogens with zero attached hydrogens (tertiary/aromatic N) is 2. The molecule has 4 aromatic rings. The molecule has 1 saturated heterocycles. The van der Waals surface area contributed by atoms with Crippen LogP contribution in [0.3, 0.4) is 0 Å². The van der Waals surface area contributed by atoms with E-state index < -0.39 is 5.60 Å². The van der Waals surface area contributed by atoms with Gasteiger partial charge in [-0.3, -0.25) is 0 Å². The zero-order valence-corrected chi connectivity index (χ0v) is 17.5. The van der Waals surface area contributed by atoms with Gasteiger partial charge in [0, 0.05) is 41.4 Å². The normalized spacial score (nSPS) is 17.0. The number of aryl methyl sites for hydroxylation is 1. The second-order valence-corrected chi connectivity index (χ2v) is 8.63. The lowest BCUT2D eigenvalue weighted by atomic mass is 9.84. The van der Waals surface area contributed by atoms with Crippen LogP contribution in [0.4, 0.5) is 0 Å². The van der Waals surface area contributed by atoms with Crippen LogP contribution in [0, 0.1) is 0 Å². The van der Waals surface area contributed by atoms with Crippen molar-refractivity contribution in [2.45, 2.75) is 37.8 Å². The fourth-order valence-electron chi connectivity index (χ4n) is 5.03. The third kappa shape index (κ3) is 3.64. The Labute approximate surface area is 178 Å². The van der Waals surface area contributed by atoms with Crippen molar-refractivity contribution in [1.82, 2.24) is 9.47 Å². The van der Waals surface area contributed by atoms with Gasteiger partial charge in [-0.1, -0.05) is 66.7 Å². The molecule has 1 N–H and O–H groups in total. The van der Waals surface area contributed by atoms with Gasteiger partial charge in [0.1, 0.15) is 0 Å². The molecule has 30 heavy (non-hydrogen) atoms. The Bertz CT molecular complexity index is 1070. The van der Waals surface area contributed by atoms with Gasteiger partial charge in [-0.05, 0) is 49.9 Å². The third-order valence-electron chi connectivity index (χ3n) is 6.78. The van der Waals surface area contributed by atoms with Gasteiger partial charge in [-0.2, -0.15) is 0 Å². The number of rotatable bonds is 6. The monoisotopic (exact) mass is 398 g/mol. The zero-order chi connectivity index (χ0) is 20.4. The highest BCUT2D eigenvalue weighted by Crippen LogP contribution is 2.33. The Morgan fingerprint density at radius 3 is 1.83 bits per heavy atom. The fraction of sp³-hybridized carbons (Fsp3) is 0.333. The molecule has 0 bridgehead atoms. The number of aliphatic hydroxyl groups is 1. The maximum atomic E-state index is 11.0. The van der Waals surface area contributed by atoms with E-state index in [1.807, 2.05) is 18.2 Å². The predicted octanol–water partition coefficient (Wildman–Crippen LogP) is 5.56. The summed E-state index contributed by atoms with van der Waals surface area (Å²) in [6.45, 7) is 4.11. The highest BCUT2D eigenvalue weighted by atomic mass is 16.3. The van der Waals surface area contributed by atoms with E-state index in [1.165, 1.54) is 34.6 Å². The van der Waals surface area contributed by atoms with Crippen LogP contribution >= 0.6 is 0 Å². The summed E-state index contributed by atoms with van der Waals surface area (Å²) in [5.74, 6) is 0. The second kappa shape index (κ2) is 8.25. The smallest absolute Gasteiger partial charge is 0.0920 e. The topological polar surface area (TPSA) is 28.4 Å². The molecule has 0 saturated carbocycles. The number of benzene rings is 3. The lowest BCUT2D eigenvalue weighted by Gasteiger charge is -2.38. The summed E-state index contributed by atoms with van der Waals surface area (Å²) in [5.41, 5.74) is 3.09. The predicted molar refractivity (Wildman–Crippen MR) is 125 cm³/mol. The van der Waals surface area contributed by atoms with E-state index in [4.69, 9.17) is 0 Å². The van der Waals surface area contributed by atoms with Crippen LogP contribution in [0.2, 0.25) is 0 Å². The number of unbranched alkanes of at least 4 members (excludes halogenated alkanes) is 1. The summed E-state index contributed by atoms with van der Waals surface area (Å²) in [6.07, 6.45) is 4.00. The standard InChI is InChI=1S/C27H30N2O/c30-27(22-10-2-1-3-11-22)16-20-28(21-17-27)18-8-9-19-29-25-14-6-4-12-23(25)24-13-5-7-15-26(24)29/h1-7,10-15,30H,8-9,16-21H2. The lowest BCUT2D eigenvalue weighted by molar-refractivity contribution is -0.0261. The lowest BCUT2D eigenvalue weighted by Crippen LogP contribution is -2.42. The molecular weight excluding hydrogens is 368 g/mol. The van der Waals surface area contributed by atoms with Gasteiger partial charge in [0.2, 0.25) is 0 Å². The van der Waals surface area contributed by atoms with Crippen molar-refractivity contribution in [3.63, 3.8) is 0 Å². The summed E-state index contributed by atoms with van der Waals surface area (Å²) in [5, 5.41) is 13.7. The fourth-order valence-corrected chi connectivity index (χ4v) is 5.03. The van der Waals surface area contributed by atoms with E-state index in [0.717, 1.165) is 44.6 Å². The number of hydrogen-bond acceptors (Lipinski definition) is 2. The Kier molecular flexibility index (Phi) is 5.32. The molecule has 3 heteroatoms. The van der Waals surface area contributed by atoms with Gasteiger partial charge in [0.25, 0.3) is 0 Å². The first-order chi connectivity index (χ1) is 14.7. The van der Waals surface area contributed by atoms with E-state index in [-0.39, 0.29) is 0 Å². The Morgan fingerprint density at radius 1 is 0.667 bits per heavy atom. The van der Waals surface area contributed by atoms with Crippen LogP contribution in [-0.2, 0) is 12.1 Å².